The number of amides is 2. The maximum absolute atomic E-state index is 10.7. The zero-order valence-corrected chi connectivity index (χ0v) is 7.61. The highest BCUT2D eigenvalue weighted by molar-refractivity contribution is 7.70. The van der Waals surface area contributed by atoms with Crippen LogP contribution in [0.25, 0.3) is 0 Å². The number of ether oxygens (including phenoxy) is 1. The second kappa shape index (κ2) is 4.76. The summed E-state index contributed by atoms with van der Waals surface area (Å²) in [7, 11) is -3.57. The molecule has 2 N–H and O–H groups in total. The third kappa shape index (κ3) is 3.84. The van der Waals surface area contributed by atoms with Crippen LogP contribution in [-0.2, 0) is 13.8 Å². The molecule has 7 nitrogen and oxygen atoms in total. The van der Waals surface area contributed by atoms with Crippen LogP contribution in [0, 0.1) is 0 Å². The van der Waals surface area contributed by atoms with E-state index in [4.69, 9.17) is 4.89 Å². The minimum absolute atomic E-state index is 0.762. The van der Waals surface area contributed by atoms with Gasteiger partial charge in [0.25, 0.3) is 0 Å². The first-order chi connectivity index (χ1) is 5.94. The van der Waals surface area contributed by atoms with Crippen LogP contribution in [0.5, 0.6) is 0 Å². The summed E-state index contributed by atoms with van der Waals surface area (Å²) in [5, 5.41) is 1.46. The van der Waals surface area contributed by atoms with E-state index in [-0.39, 0.29) is 0 Å². The smallest absolute Gasteiger partial charge is 0.419 e. The summed E-state index contributed by atoms with van der Waals surface area (Å²) in [6.45, 7) is 3.03. The van der Waals surface area contributed by atoms with Gasteiger partial charge in [-0.05, 0) is 0 Å². The maximum Gasteiger partial charge on any atom is 0.419 e. The molecule has 0 aromatic rings. The highest BCUT2D eigenvalue weighted by Crippen LogP contribution is 2.41. The first kappa shape index (κ1) is 11.8. The van der Waals surface area contributed by atoms with Crippen LogP contribution in [0.4, 0.5) is 9.59 Å². The maximum atomic E-state index is 10.7. The van der Waals surface area contributed by atoms with E-state index in [1.54, 1.807) is 0 Å². The molecule has 2 amide bonds. The number of rotatable bonds is 3. The average molecular weight is 209 g/mol. The molecule has 0 saturated heterocycles. The van der Waals surface area contributed by atoms with Crippen molar-refractivity contribution >= 4 is 19.3 Å². The Morgan fingerprint density at radius 2 is 2.15 bits per heavy atom. The van der Waals surface area contributed by atoms with Crippen LogP contribution in [0.1, 0.15) is 0 Å². The molecular weight excluding hydrogens is 201 g/mol. The van der Waals surface area contributed by atoms with Gasteiger partial charge >= 0.3 is 19.3 Å². The van der Waals surface area contributed by atoms with Gasteiger partial charge in [-0.15, -0.1) is 0 Å². The minimum Gasteiger partial charge on any atom is -0.419 e. The van der Waals surface area contributed by atoms with Crippen molar-refractivity contribution in [2.45, 2.75) is 0 Å². The van der Waals surface area contributed by atoms with Crippen molar-refractivity contribution in [2.75, 3.05) is 7.11 Å². The normalized spacial score (nSPS) is 14.0. The lowest BCUT2D eigenvalue weighted by molar-refractivity contribution is 0.185. The van der Waals surface area contributed by atoms with Crippen LogP contribution in [0.3, 0.4) is 0 Å². The zero-order chi connectivity index (χ0) is 10.5. The zero-order valence-electron chi connectivity index (χ0n) is 6.72. The third-order valence-corrected chi connectivity index (χ3v) is 2.02. The van der Waals surface area contributed by atoms with Gasteiger partial charge in [-0.2, -0.15) is 0 Å². The Kier molecular flexibility index (Phi) is 4.33. The van der Waals surface area contributed by atoms with Crippen LogP contribution < -0.4 is 5.32 Å². The van der Waals surface area contributed by atoms with Gasteiger partial charge in [0.05, 0.1) is 6.26 Å². The molecule has 74 valence electrons. The van der Waals surface area contributed by atoms with Gasteiger partial charge in [0, 0.05) is 7.11 Å². The topological polar surface area (TPSA) is 102 Å². The summed E-state index contributed by atoms with van der Waals surface area (Å²) in [5.74, 6) is 0. The van der Waals surface area contributed by atoms with E-state index < -0.39 is 19.3 Å². The number of hydrogen-bond acceptors (Lipinski definition) is 5. The van der Waals surface area contributed by atoms with Gasteiger partial charge in [0.15, 0.2) is 0 Å². The van der Waals surface area contributed by atoms with E-state index in [0.717, 1.165) is 13.4 Å². The van der Waals surface area contributed by atoms with E-state index in [1.807, 2.05) is 0 Å². The van der Waals surface area contributed by atoms with E-state index in [1.165, 1.54) is 5.32 Å². The van der Waals surface area contributed by atoms with Crippen LogP contribution in [-0.4, -0.2) is 23.7 Å². The van der Waals surface area contributed by atoms with E-state index in [0.29, 0.717) is 0 Å². The largest absolute Gasteiger partial charge is 0.419 e. The molecule has 13 heavy (non-hydrogen) atoms. The summed E-state index contributed by atoms with van der Waals surface area (Å²) in [5.41, 5.74) is -1.46. The van der Waals surface area contributed by atoms with Gasteiger partial charge in [-0.25, -0.2) is 9.36 Å². The molecule has 1 unspecified atom stereocenters. The predicted molar refractivity (Wildman–Crippen MR) is 42.0 cm³/mol. The van der Waals surface area contributed by atoms with Gasteiger partial charge in [-0.3, -0.25) is 10.1 Å². The lowest BCUT2D eigenvalue weighted by Gasteiger charge is -2.06. The molecule has 0 saturated carbocycles. The summed E-state index contributed by atoms with van der Waals surface area (Å²) in [4.78, 5) is 29.9. The Labute approximate surface area is 73.9 Å². The molecule has 0 rings (SSSR count). The third-order valence-electron chi connectivity index (χ3n) is 0.903. The molecule has 0 aliphatic heterocycles. The van der Waals surface area contributed by atoms with Gasteiger partial charge < -0.3 is 14.2 Å². The monoisotopic (exact) mass is 209 g/mol. The predicted octanol–water partition coefficient (Wildman–Crippen LogP) is 0.808. The molecule has 0 aromatic heterocycles. The number of nitrogens with one attached hydrogen (secondary N) is 1. The summed E-state index contributed by atoms with van der Waals surface area (Å²) < 4.78 is 18.7. The van der Waals surface area contributed by atoms with Crippen molar-refractivity contribution in [3.63, 3.8) is 0 Å². The Morgan fingerprint density at radius 3 is 2.54 bits per heavy atom. The summed E-state index contributed by atoms with van der Waals surface area (Å²) in [6, 6.07) is 0. The van der Waals surface area contributed by atoms with Gasteiger partial charge in [0.1, 0.15) is 0 Å². The fourth-order valence-corrected chi connectivity index (χ4v) is 0.744. The van der Waals surface area contributed by atoms with E-state index in [2.05, 4.69) is 15.8 Å². The second-order valence-corrected chi connectivity index (χ2v) is 3.52. The first-order valence-corrected chi connectivity index (χ1v) is 4.53. The van der Waals surface area contributed by atoms with Crippen LogP contribution >= 0.6 is 7.60 Å². The Bertz CT molecular complexity index is 274. The lowest BCUT2D eigenvalue weighted by atomic mass is 11.0. The number of carbonyl (C=O) groups is 2. The molecule has 0 bridgehead atoms. The van der Waals surface area contributed by atoms with Crippen molar-refractivity contribution < 1.29 is 28.3 Å². The SMILES string of the molecule is C=COC(=O)NC(=O)P(=O)(O)OC. The Balaban J connectivity index is 4.23. The van der Waals surface area contributed by atoms with Crippen molar-refractivity contribution in [3.05, 3.63) is 12.8 Å². The quantitative estimate of drug-likeness (QED) is 0.526. The molecule has 0 radical (unpaired) electrons. The van der Waals surface area contributed by atoms with E-state index in [9.17, 15) is 14.2 Å². The molecule has 1 atom stereocenters. The molecule has 0 fully saturated rings. The van der Waals surface area contributed by atoms with Crippen molar-refractivity contribution in [1.29, 1.82) is 0 Å². The average Bonchev–Trinajstić information content (AvgIpc) is 2.04. The first-order valence-electron chi connectivity index (χ1n) is 2.95. The molecule has 8 heteroatoms. The van der Waals surface area contributed by atoms with Crippen molar-refractivity contribution in [1.82, 2.24) is 5.32 Å². The fraction of sp³-hybridized carbons (Fsp3) is 0.200. The van der Waals surface area contributed by atoms with Crippen molar-refractivity contribution in [2.24, 2.45) is 0 Å². The summed E-state index contributed by atoms with van der Waals surface area (Å²) in [6.07, 6.45) is -0.441. The highest BCUT2D eigenvalue weighted by Gasteiger charge is 2.30. The molecular formula is C5H8NO6P. The molecule has 0 spiro atoms. The Hall–Kier alpha value is -1.17. The molecule has 0 heterocycles. The van der Waals surface area contributed by atoms with Crippen LogP contribution in [0.15, 0.2) is 12.8 Å². The van der Waals surface area contributed by atoms with Crippen molar-refractivity contribution in [3.8, 4) is 0 Å². The van der Waals surface area contributed by atoms with E-state index >= 15 is 0 Å². The summed E-state index contributed by atoms with van der Waals surface area (Å²) >= 11 is 0. The molecule has 0 aromatic carbocycles. The van der Waals surface area contributed by atoms with Gasteiger partial charge in [0.2, 0.25) is 0 Å². The number of hydrogen-bond donors (Lipinski definition) is 2. The Morgan fingerprint density at radius 1 is 1.62 bits per heavy atom. The molecule has 0 aliphatic carbocycles. The number of carbonyl (C=O) groups excluding carboxylic acids is 2. The number of imide groups is 1. The molecule has 0 aliphatic rings. The minimum atomic E-state index is -4.43. The standard InChI is InChI=1S/C5H8NO6P/c1-3-12-4(7)6-5(8)13(9,10)11-2/h3H,1H2,2H3,(H,9,10)(H,6,7,8). The lowest BCUT2D eigenvalue weighted by Crippen LogP contribution is -2.28. The highest BCUT2D eigenvalue weighted by atomic mass is 31.2. The number of alkyl carbamates (subject to hydrolysis) is 1. The van der Waals surface area contributed by atoms with Gasteiger partial charge in [-0.1, -0.05) is 6.58 Å². The van der Waals surface area contributed by atoms with Crippen LogP contribution in [0.2, 0.25) is 0 Å². The second-order valence-electron chi connectivity index (χ2n) is 1.71. The fourth-order valence-electron chi connectivity index (χ4n) is 0.346.